The number of hydrogen-bond donors (Lipinski definition) is 2. The number of nitrogens with zero attached hydrogens (tertiary/aromatic N) is 1. The second-order valence-corrected chi connectivity index (χ2v) is 3.38. The molecule has 1 aliphatic rings. The van der Waals surface area contributed by atoms with E-state index in [-0.39, 0.29) is 6.61 Å². The molecule has 1 rings (SSSR count). The minimum atomic E-state index is 0.275. The molecule has 0 spiro atoms. The lowest BCUT2D eigenvalue weighted by Gasteiger charge is -2.37. The molecule has 0 radical (unpaired) electrons. The van der Waals surface area contributed by atoms with E-state index >= 15 is 0 Å². The van der Waals surface area contributed by atoms with Gasteiger partial charge in [0.25, 0.3) is 0 Å². The van der Waals surface area contributed by atoms with Crippen molar-refractivity contribution in [2.45, 2.75) is 25.9 Å². The molecule has 1 aliphatic heterocycles. The van der Waals surface area contributed by atoms with Gasteiger partial charge in [0.2, 0.25) is 0 Å². The summed E-state index contributed by atoms with van der Waals surface area (Å²) in [5.41, 5.74) is 0. The van der Waals surface area contributed by atoms with E-state index in [1.54, 1.807) is 0 Å². The van der Waals surface area contributed by atoms with Crippen molar-refractivity contribution >= 4 is 0 Å². The lowest BCUT2D eigenvalue weighted by molar-refractivity contribution is 0.117. The van der Waals surface area contributed by atoms with Gasteiger partial charge in [0.1, 0.15) is 0 Å². The van der Waals surface area contributed by atoms with Crippen molar-refractivity contribution in [2.24, 2.45) is 0 Å². The monoisotopic (exact) mass is 158 g/mol. The fourth-order valence-electron chi connectivity index (χ4n) is 1.54. The number of aliphatic hydroxyl groups is 1. The number of aliphatic hydroxyl groups excluding tert-OH is 1. The highest BCUT2D eigenvalue weighted by molar-refractivity contribution is 4.80. The Hall–Kier alpha value is -0.120. The highest BCUT2D eigenvalue weighted by Crippen LogP contribution is 2.04. The Bertz CT molecular complexity index is 119. The highest BCUT2D eigenvalue weighted by atomic mass is 16.3. The lowest BCUT2D eigenvalue weighted by atomic mass is 10.1. The Morgan fingerprint density at radius 3 is 2.91 bits per heavy atom. The van der Waals surface area contributed by atoms with E-state index in [0.717, 1.165) is 19.6 Å². The van der Waals surface area contributed by atoms with E-state index in [1.807, 2.05) is 0 Å². The number of piperazine rings is 1. The predicted molar refractivity (Wildman–Crippen MR) is 45.6 cm³/mol. The summed E-state index contributed by atoms with van der Waals surface area (Å²) in [4.78, 5) is 2.32. The molecule has 0 unspecified atom stereocenters. The molecule has 3 heteroatoms. The van der Waals surface area contributed by atoms with Crippen LogP contribution in [0.3, 0.4) is 0 Å². The van der Waals surface area contributed by atoms with Gasteiger partial charge in [0.05, 0.1) is 6.61 Å². The normalized spacial score (nSPS) is 34.1. The maximum Gasteiger partial charge on any atom is 0.0558 e. The van der Waals surface area contributed by atoms with Crippen LogP contribution in [0.15, 0.2) is 0 Å². The molecule has 0 aromatic carbocycles. The van der Waals surface area contributed by atoms with Gasteiger partial charge in [-0.1, -0.05) is 0 Å². The Balaban J connectivity index is 2.34. The Morgan fingerprint density at radius 1 is 1.55 bits per heavy atom. The lowest BCUT2D eigenvalue weighted by Crippen LogP contribution is -2.54. The van der Waals surface area contributed by atoms with Crippen LogP contribution < -0.4 is 5.32 Å². The zero-order valence-corrected chi connectivity index (χ0v) is 7.38. The van der Waals surface area contributed by atoms with Crippen LogP contribution >= 0.6 is 0 Å². The molecule has 0 amide bonds. The molecule has 0 saturated carbocycles. The third-order valence-electron chi connectivity index (χ3n) is 2.28. The number of nitrogens with one attached hydrogen (secondary N) is 1. The fourth-order valence-corrected chi connectivity index (χ4v) is 1.54. The van der Waals surface area contributed by atoms with E-state index < -0.39 is 0 Å². The van der Waals surface area contributed by atoms with Gasteiger partial charge >= 0.3 is 0 Å². The highest BCUT2D eigenvalue weighted by Gasteiger charge is 2.20. The van der Waals surface area contributed by atoms with Crippen molar-refractivity contribution in [1.29, 1.82) is 0 Å². The van der Waals surface area contributed by atoms with Crippen LogP contribution in [-0.4, -0.2) is 48.3 Å². The predicted octanol–water partition coefficient (Wildman–Crippen LogP) is -0.339. The maximum absolute atomic E-state index is 8.76. The second-order valence-electron chi connectivity index (χ2n) is 3.38. The van der Waals surface area contributed by atoms with Crippen molar-refractivity contribution in [2.75, 3.05) is 26.2 Å². The van der Waals surface area contributed by atoms with E-state index in [0.29, 0.717) is 12.1 Å². The van der Waals surface area contributed by atoms with Crippen LogP contribution in [0.4, 0.5) is 0 Å². The zero-order valence-electron chi connectivity index (χ0n) is 7.38. The van der Waals surface area contributed by atoms with Crippen LogP contribution in [-0.2, 0) is 0 Å². The molecule has 2 N–H and O–H groups in total. The zero-order chi connectivity index (χ0) is 8.27. The molecule has 0 aromatic rings. The van der Waals surface area contributed by atoms with Gasteiger partial charge in [-0.05, 0) is 13.8 Å². The van der Waals surface area contributed by atoms with E-state index in [2.05, 4.69) is 24.1 Å². The third-order valence-corrected chi connectivity index (χ3v) is 2.28. The van der Waals surface area contributed by atoms with E-state index in [1.165, 1.54) is 0 Å². The Kier molecular flexibility index (Phi) is 3.30. The first-order valence-corrected chi connectivity index (χ1v) is 4.32. The SMILES string of the molecule is C[C@@H]1CN(CCO)[C@H](C)CN1. The summed E-state index contributed by atoms with van der Waals surface area (Å²) in [6.45, 7) is 7.55. The molecule has 0 aliphatic carbocycles. The first kappa shape index (κ1) is 8.97. The maximum atomic E-state index is 8.76. The standard InChI is InChI=1S/C8H18N2O/c1-7-6-10(3-4-11)8(2)5-9-7/h7-9,11H,3-6H2,1-2H3/t7-,8-/m1/s1. The van der Waals surface area contributed by atoms with Gasteiger partial charge < -0.3 is 10.4 Å². The molecule has 3 nitrogen and oxygen atoms in total. The van der Waals surface area contributed by atoms with Gasteiger partial charge in [-0.3, -0.25) is 4.90 Å². The van der Waals surface area contributed by atoms with Crippen LogP contribution in [0.25, 0.3) is 0 Å². The average molecular weight is 158 g/mol. The first-order chi connectivity index (χ1) is 5.24. The van der Waals surface area contributed by atoms with Crippen molar-refractivity contribution in [3.05, 3.63) is 0 Å². The Labute approximate surface area is 68.4 Å². The van der Waals surface area contributed by atoms with Crippen LogP contribution in [0.1, 0.15) is 13.8 Å². The van der Waals surface area contributed by atoms with Crippen molar-refractivity contribution in [3.8, 4) is 0 Å². The fraction of sp³-hybridized carbons (Fsp3) is 1.00. The molecule has 1 saturated heterocycles. The summed E-state index contributed by atoms with van der Waals surface area (Å²) in [5, 5.41) is 12.2. The second kappa shape index (κ2) is 4.04. The molecule has 0 aromatic heterocycles. The van der Waals surface area contributed by atoms with Crippen LogP contribution in [0.5, 0.6) is 0 Å². The van der Waals surface area contributed by atoms with Crippen molar-refractivity contribution in [1.82, 2.24) is 10.2 Å². The van der Waals surface area contributed by atoms with Crippen LogP contribution in [0.2, 0.25) is 0 Å². The van der Waals surface area contributed by atoms with Crippen LogP contribution in [0, 0.1) is 0 Å². The molecular weight excluding hydrogens is 140 g/mol. The minimum Gasteiger partial charge on any atom is -0.395 e. The van der Waals surface area contributed by atoms with Gasteiger partial charge in [-0.2, -0.15) is 0 Å². The largest absolute Gasteiger partial charge is 0.395 e. The topological polar surface area (TPSA) is 35.5 Å². The van der Waals surface area contributed by atoms with Gasteiger partial charge in [-0.25, -0.2) is 0 Å². The molecule has 1 fully saturated rings. The molecule has 2 atom stereocenters. The summed E-state index contributed by atoms with van der Waals surface area (Å²) >= 11 is 0. The van der Waals surface area contributed by atoms with Crippen molar-refractivity contribution < 1.29 is 5.11 Å². The number of rotatable bonds is 2. The van der Waals surface area contributed by atoms with E-state index in [9.17, 15) is 0 Å². The molecule has 11 heavy (non-hydrogen) atoms. The van der Waals surface area contributed by atoms with Gasteiger partial charge in [-0.15, -0.1) is 0 Å². The molecule has 66 valence electrons. The van der Waals surface area contributed by atoms with Gasteiger partial charge in [0, 0.05) is 31.7 Å². The average Bonchev–Trinajstić information content (AvgIpc) is 1.98. The molecule has 0 bridgehead atoms. The summed E-state index contributed by atoms with van der Waals surface area (Å²) in [5.74, 6) is 0. The first-order valence-electron chi connectivity index (χ1n) is 4.32. The van der Waals surface area contributed by atoms with Gasteiger partial charge in [0.15, 0.2) is 0 Å². The Morgan fingerprint density at radius 2 is 2.27 bits per heavy atom. The summed E-state index contributed by atoms with van der Waals surface area (Å²) < 4.78 is 0. The number of β-amino-alcohol motifs (C(OH)–C–C–N with tert-alkyl or cyclic N) is 1. The summed E-state index contributed by atoms with van der Waals surface area (Å²) in [6, 6.07) is 1.14. The summed E-state index contributed by atoms with van der Waals surface area (Å²) in [7, 11) is 0. The smallest absolute Gasteiger partial charge is 0.0558 e. The molecule has 1 heterocycles. The van der Waals surface area contributed by atoms with E-state index in [4.69, 9.17) is 5.11 Å². The number of hydrogen-bond acceptors (Lipinski definition) is 3. The molecular formula is C8H18N2O. The minimum absolute atomic E-state index is 0.275. The van der Waals surface area contributed by atoms with Crippen molar-refractivity contribution in [3.63, 3.8) is 0 Å². The summed E-state index contributed by atoms with van der Waals surface area (Å²) in [6.07, 6.45) is 0. The third kappa shape index (κ3) is 2.43. The quantitative estimate of drug-likeness (QED) is 0.577.